The highest BCUT2D eigenvalue weighted by atomic mass is 19.3. The first-order chi connectivity index (χ1) is 20.1. The number of hydrogen-bond donors (Lipinski definition) is 1. The number of rotatable bonds is 6. The lowest BCUT2D eigenvalue weighted by molar-refractivity contribution is 0.0708. The van der Waals surface area contributed by atoms with Gasteiger partial charge in [0.2, 0.25) is 6.43 Å². The molecule has 4 aromatic rings. The van der Waals surface area contributed by atoms with Crippen LogP contribution in [0.3, 0.4) is 0 Å². The Bertz CT molecular complexity index is 1610. The molecule has 218 valence electrons. The number of nitrogens with zero attached hydrogens (tertiary/aromatic N) is 3. The molecule has 1 aliphatic heterocycles. The van der Waals surface area contributed by atoms with Gasteiger partial charge in [-0.25, -0.2) is 22.5 Å². The average Bonchev–Trinajstić information content (AvgIpc) is 3.37. The number of imidazole rings is 1. The molecule has 2 heterocycles. The number of para-hydroxylation sites is 2. The van der Waals surface area contributed by atoms with E-state index in [1.807, 2.05) is 42.0 Å². The van der Waals surface area contributed by atoms with Crippen LogP contribution in [0.4, 0.5) is 17.6 Å². The van der Waals surface area contributed by atoms with Crippen LogP contribution in [-0.4, -0.2) is 45.6 Å². The Morgan fingerprint density at radius 3 is 2.36 bits per heavy atom. The minimum absolute atomic E-state index is 0.0623. The summed E-state index contributed by atoms with van der Waals surface area (Å²) < 4.78 is 51.6. The van der Waals surface area contributed by atoms with Gasteiger partial charge in [-0.2, -0.15) is 0 Å². The summed E-state index contributed by atoms with van der Waals surface area (Å²) in [5, 5.41) is 8.48. The van der Waals surface area contributed by atoms with Crippen molar-refractivity contribution in [1.29, 1.82) is 5.41 Å². The van der Waals surface area contributed by atoms with Crippen LogP contribution in [0.2, 0.25) is 0 Å². The molecule has 42 heavy (non-hydrogen) atoms. The highest BCUT2D eigenvalue weighted by Gasteiger charge is 2.29. The molecule has 5 rings (SSSR count). The van der Waals surface area contributed by atoms with Crippen LogP contribution >= 0.6 is 0 Å². The zero-order chi connectivity index (χ0) is 30.4. The first-order valence-electron chi connectivity index (χ1n) is 13.7. The first kappa shape index (κ1) is 30.5. The molecule has 9 heteroatoms. The topological polar surface area (TPSA) is 62.0 Å². The Labute approximate surface area is 242 Å². The molecule has 1 saturated heterocycles. The number of carbonyl (C=O) groups is 1. The third kappa shape index (κ3) is 6.88. The van der Waals surface area contributed by atoms with Gasteiger partial charge >= 0.3 is 0 Å². The van der Waals surface area contributed by atoms with E-state index in [2.05, 4.69) is 6.42 Å². The molecule has 1 aliphatic rings. The maximum Gasteiger partial charge on any atom is 0.253 e. The number of terminal acetylenes is 1. The second-order valence-corrected chi connectivity index (χ2v) is 10.2. The number of fused-ring (bicyclic) bond motifs is 1. The van der Waals surface area contributed by atoms with Crippen LogP contribution in [0.25, 0.3) is 11.0 Å². The highest BCUT2D eigenvalue weighted by Crippen LogP contribution is 2.33. The third-order valence-corrected chi connectivity index (χ3v) is 7.25. The summed E-state index contributed by atoms with van der Waals surface area (Å²) in [5.74, 6) is 2.19. The number of hydrogen-bond acceptors (Lipinski definition) is 3. The SMILES string of the molecule is C#CCC(F)F.Cc1cc(C(=O)N2CCC(c3nc4ccccc4n3C(C)F)CC2)ccc1C(=N)c1cccc(F)c1. The fourth-order valence-corrected chi connectivity index (χ4v) is 5.21. The van der Waals surface area contributed by atoms with Crippen LogP contribution in [0, 0.1) is 30.5 Å². The Morgan fingerprint density at radius 1 is 1.05 bits per heavy atom. The molecular formula is C33H32F4N4O. The van der Waals surface area contributed by atoms with Gasteiger partial charge in [-0.05, 0) is 68.7 Å². The maximum atomic E-state index is 14.5. The van der Waals surface area contributed by atoms with Crippen LogP contribution in [0.15, 0.2) is 66.7 Å². The van der Waals surface area contributed by atoms with Gasteiger partial charge in [-0.3, -0.25) is 14.8 Å². The van der Waals surface area contributed by atoms with Crippen molar-refractivity contribution in [3.63, 3.8) is 0 Å². The number of nitrogens with one attached hydrogen (secondary N) is 1. The molecule has 1 unspecified atom stereocenters. The molecule has 1 aromatic heterocycles. The lowest BCUT2D eigenvalue weighted by Gasteiger charge is -2.32. The molecule has 1 N–H and O–H groups in total. The van der Waals surface area contributed by atoms with Gasteiger partial charge in [0.1, 0.15) is 11.6 Å². The smallest absolute Gasteiger partial charge is 0.253 e. The fraction of sp³-hybridized carbons (Fsp3) is 0.303. The number of benzene rings is 3. The maximum absolute atomic E-state index is 14.5. The molecule has 1 atom stereocenters. The number of aromatic nitrogens is 2. The highest BCUT2D eigenvalue weighted by molar-refractivity contribution is 6.12. The van der Waals surface area contributed by atoms with E-state index in [4.69, 9.17) is 10.4 Å². The molecule has 0 bridgehead atoms. The van der Waals surface area contributed by atoms with Gasteiger partial charge in [0.15, 0.2) is 6.30 Å². The Hall–Kier alpha value is -4.45. The van der Waals surface area contributed by atoms with E-state index in [0.717, 1.165) is 22.4 Å². The van der Waals surface area contributed by atoms with E-state index in [9.17, 15) is 22.4 Å². The zero-order valence-electron chi connectivity index (χ0n) is 23.5. The predicted molar refractivity (Wildman–Crippen MR) is 156 cm³/mol. The van der Waals surface area contributed by atoms with Crippen molar-refractivity contribution in [2.45, 2.75) is 51.7 Å². The Balaban J connectivity index is 0.000000612. The Morgan fingerprint density at radius 2 is 1.76 bits per heavy atom. The van der Waals surface area contributed by atoms with Crippen molar-refractivity contribution in [2.75, 3.05) is 13.1 Å². The number of carbonyl (C=O) groups excluding carboxylic acids is 1. The van der Waals surface area contributed by atoms with Gasteiger partial charge in [-0.1, -0.05) is 30.3 Å². The molecule has 3 aromatic carbocycles. The van der Waals surface area contributed by atoms with Crippen molar-refractivity contribution < 1.29 is 22.4 Å². The Kier molecular flexibility index (Phi) is 9.79. The largest absolute Gasteiger partial charge is 0.339 e. The van der Waals surface area contributed by atoms with Crippen LogP contribution in [0.1, 0.15) is 71.3 Å². The minimum atomic E-state index is -2.34. The summed E-state index contributed by atoms with van der Waals surface area (Å²) >= 11 is 0. The first-order valence-corrected chi connectivity index (χ1v) is 13.7. The fourth-order valence-electron chi connectivity index (χ4n) is 5.21. The molecule has 5 nitrogen and oxygen atoms in total. The van der Waals surface area contributed by atoms with Crippen LogP contribution in [-0.2, 0) is 0 Å². The summed E-state index contributed by atoms with van der Waals surface area (Å²) in [7, 11) is 0. The third-order valence-electron chi connectivity index (χ3n) is 7.25. The monoisotopic (exact) mass is 576 g/mol. The molecular weight excluding hydrogens is 544 g/mol. The van der Waals surface area contributed by atoms with Gasteiger partial charge in [0.05, 0.1) is 23.2 Å². The standard InChI is InChI=1S/C29H28F2N4O.C4H4F2/c1-18-16-22(10-11-24(18)27(32)21-6-5-7-23(31)17-21)29(36)34-14-12-20(13-15-34)28-33-25-8-3-4-9-26(25)35(28)19(2)30;1-2-3-4(5)6/h3-11,16-17,19-20,32H,12-15H2,1-2H3;1,4H,3H2. The van der Waals surface area contributed by atoms with E-state index in [1.54, 1.807) is 34.9 Å². The molecule has 0 saturated carbocycles. The normalized spacial score (nSPS) is 14.3. The quantitative estimate of drug-likeness (QED) is 0.145. The minimum Gasteiger partial charge on any atom is -0.339 e. The summed E-state index contributed by atoms with van der Waals surface area (Å²) in [5.41, 5.74) is 4.30. The van der Waals surface area contributed by atoms with E-state index >= 15 is 0 Å². The number of alkyl halides is 3. The van der Waals surface area contributed by atoms with E-state index in [1.165, 1.54) is 19.1 Å². The number of piperidine rings is 1. The van der Waals surface area contributed by atoms with E-state index < -0.39 is 19.1 Å². The van der Waals surface area contributed by atoms with Crippen LogP contribution in [0.5, 0.6) is 0 Å². The van der Waals surface area contributed by atoms with Gasteiger partial charge in [0, 0.05) is 35.7 Å². The van der Waals surface area contributed by atoms with Crippen molar-refractivity contribution in [1.82, 2.24) is 14.5 Å². The molecule has 0 aliphatic carbocycles. The van der Waals surface area contributed by atoms with Crippen molar-refractivity contribution >= 4 is 22.7 Å². The molecule has 0 radical (unpaired) electrons. The second kappa shape index (κ2) is 13.5. The summed E-state index contributed by atoms with van der Waals surface area (Å²) in [6, 6.07) is 18.8. The number of amides is 1. The lowest BCUT2D eigenvalue weighted by Crippen LogP contribution is -2.38. The number of likely N-dealkylation sites (tertiary alicyclic amines) is 1. The van der Waals surface area contributed by atoms with E-state index in [0.29, 0.717) is 42.6 Å². The van der Waals surface area contributed by atoms with Crippen LogP contribution < -0.4 is 0 Å². The second-order valence-electron chi connectivity index (χ2n) is 10.2. The number of aryl methyl sites for hydroxylation is 1. The number of halogens is 4. The van der Waals surface area contributed by atoms with E-state index in [-0.39, 0.29) is 23.4 Å². The summed E-state index contributed by atoms with van der Waals surface area (Å²) in [6.07, 6.45) is 1.97. The van der Waals surface area contributed by atoms with Gasteiger partial charge in [0.25, 0.3) is 5.91 Å². The molecule has 0 spiro atoms. The zero-order valence-corrected chi connectivity index (χ0v) is 23.5. The average molecular weight is 577 g/mol. The van der Waals surface area contributed by atoms with Crippen molar-refractivity contribution in [3.05, 3.63) is 101 Å². The summed E-state index contributed by atoms with van der Waals surface area (Å²) in [4.78, 5) is 19.8. The molecule has 1 fully saturated rings. The molecule has 1 amide bonds. The predicted octanol–water partition coefficient (Wildman–Crippen LogP) is 7.68. The van der Waals surface area contributed by atoms with Crippen molar-refractivity contribution in [2.24, 2.45) is 0 Å². The van der Waals surface area contributed by atoms with Gasteiger partial charge < -0.3 is 4.90 Å². The van der Waals surface area contributed by atoms with Crippen molar-refractivity contribution in [3.8, 4) is 12.3 Å². The summed E-state index contributed by atoms with van der Waals surface area (Å²) in [6.45, 7) is 4.51. The van der Waals surface area contributed by atoms with Gasteiger partial charge in [-0.15, -0.1) is 12.3 Å². The lowest BCUT2D eigenvalue weighted by atomic mass is 9.94.